The van der Waals surface area contributed by atoms with Crippen LogP contribution in [0.1, 0.15) is 110 Å². The quantitative estimate of drug-likeness (QED) is 0.224. The average molecular weight is 340 g/mol. The molecule has 2 unspecified atom stereocenters. The molecule has 0 saturated carbocycles. The van der Waals surface area contributed by atoms with E-state index in [0.29, 0.717) is 0 Å². The monoisotopic (exact) mass is 339 g/mol. The van der Waals surface area contributed by atoms with Crippen LogP contribution in [0.15, 0.2) is 12.2 Å². The summed E-state index contributed by atoms with van der Waals surface area (Å²) in [6, 6.07) is 0.268. The first-order valence-electron chi connectivity index (χ1n) is 10.8. The van der Waals surface area contributed by atoms with Gasteiger partial charge in [-0.05, 0) is 45.6 Å². The zero-order chi connectivity index (χ0) is 17.9. The number of aliphatic hydroxyl groups is 1. The van der Waals surface area contributed by atoms with Gasteiger partial charge in [-0.1, -0.05) is 83.8 Å². The lowest BCUT2D eigenvalue weighted by atomic mass is 10.0. The van der Waals surface area contributed by atoms with Gasteiger partial charge >= 0.3 is 0 Å². The molecule has 2 N–H and O–H groups in total. The molecule has 0 bridgehead atoms. The minimum atomic E-state index is -0.172. The fourth-order valence-corrected chi connectivity index (χ4v) is 3.29. The second kappa shape index (κ2) is 19.0. The van der Waals surface area contributed by atoms with E-state index in [9.17, 15) is 5.11 Å². The van der Waals surface area contributed by atoms with Crippen LogP contribution < -0.4 is 5.32 Å². The van der Waals surface area contributed by atoms with E-state index in [1.807, 2.05) is 7.05 Å². The molecule has 0 radical (unpaired) electrons. The van der Waals surface area contributed by atoms with Crippen molar-refractivity contribution < 1.29 is 5.11 Å². The van der Waals surface area contributed by atoms with Gasteiger partial charge in [0.2, 0.25) is 0 Å². The van der Waals surface area contributed by atoms with Gasteiger partial charge in [0, 0.05) is 6.04 Å². The zero-order valence-electron chi connectivity index (χ0n) is 16.9. The van der Waals surface area contributed by atoms with Crippen molar-refractivity contribution in [2.75, 3.05) is 7.05 Å². The van der Waals surface area contributed by atoms with E-state index in [-0.39, 0.29) is 12.1 Å². The number of hydrogen-bond acceptors (Lipinski definition) is 2. The summed E-state index contributed by atoms with van der Waals surface area (Å²) in [5, 5.41) is 13.2. The van der Waals surface area contributed by atoms with Crippen molar-refractivity contribution in [2.45, 2.75) is 122 Å². The summed E-state index contributed by atoms with van der Waals surface area (Å²) >= 11 is 0. The topological polar surface area (TPSA) is 32.3 Å². The Bertz CT molecular complexity index is 261. The Hall–Kier alpha value is -0.340. The van der Waals surface area contributed by atoms with Gasteiger partial charge in [-0.15, -0.1) is 0 Å². The Kier molecular flexibility index (Phi) is 18.7. The maximum atomic E-state index is 10.0. The summed E-state index contributed by atoms with van der Waals surface area (Å²) in [6.45, 7) is 4.40. The van der Waals surface area contributed by atoms with Crippen LogP contribution in [-0.4, -0.2) is 24.3 Å². The Morgan fingerprint density at radius 2 is 1.25 bits per heavy atom. The molecule has 0 aliphatic carbocycles. The summed E-state index contributed by atoms with van der Waals surface area (Å²) < 4.78 is 0. The summed E-state index contributed by atoms with van der Waals surface area (Å²) in [7, 11) is 1.94. The highest BCUT2D eigenvalue weighted by Crippen LogP contribution is 2.13. The summed E-state index contributed by atoms with van der Waals surface area (Å²) in [6.07, 6.45) is 23.8. The standard InChI is InChI=1S/C22H45NO/c1-4-6-7-8-9-10-11-12-13-14-15-16-17-18-19-20-22(24)21(5-2)23-3/h10-11,21-24H,4-9,12-20H2,1-3H3/b11-10-. The summed E-state index contributed by atoms with van der Waals surface area (Å²) in [4.78, 5) is 0. The first kappa shape index (κ1) is 23.7. The number of unbranched alkanes of at least 4 members (excludes halogenated alkanes) is 11. The predicted octanol–water partition coefficient (Wildman–Crippen LogP) is 6.38. The van der Waals surface area contributed by atoms with E-state index in [1.54, 1.807) is 0 Å². The highest BCUT2D eigenvalue weighted by molar-refractivity contribution is 4.81. The average Bonchev–Trinajstić information content (AvgIpc) is 2.59. The summed E-state index contributed by atoms with van der Waals surface area (Å²) in [5.41, 5.74) is 0. The molecule has 0 amide bonds. The van der Waals surface area contributed by atoms with Crippen molar-refractivity contribution in [3.63, 3.8) is 0 Å². The van der Waals surface area contributed by atoms with Crippen molar-refractivity contribution >= 4 is 0 Å². The van der Waals surface area contributed by atoms with E-state index in [4.69, 9.17) is 0 Å². The Balaban J connectivity index is 3.24. The van der Waals surface area contributed by atoms with Gasteiger partial charge in [0.15, 0.2) is 0 Å². The van der Waals surface area contributed by atoms with Gasteiger partial charge in [-0.2, -0.15) is 0 Å². The number of nitrogens with one attached hydrogen (secondary N) is 1. The highest BCUT2D eigenvalue weighted by atomic mass is 16.3. The molecule has 2 atom stereocenters. The molecule has 24 heavy (non-hydrogen) atoms. The van der Waals surface area contributed by atoms with E-state index >= 15 is 0 Å². The molecule has 0 aliphatic heterocycles. The van der Waals surface area contributed by atoms with Crippen LogP contribution in [0.4, 0.5) is 0 Å². The lowest BCUT2D eigenvalue weighted by molar-refractivity contribution is 0.116. The third-order valence-corrected chi connectivity index (χ3v) is 5.04. The van der Waals surface area contributed by atoms with Crippen LogP contribution in [0.3, 0.4) is 0 Å². The SMILES string of the molecule is CCCCCC/C=C\CCCCCCCCCC(O)C(CC)NC. The molecule has 0 heterocycles. The molecule has 0 aromatic rings. The van der Waals surface area contributed by atoms with Crippen molar-refractivity contribution in [1.29, 1.82) is 0 Å². The lowest BCUT2D eigenvalue weighted by Crippen LogP contribution is -2.36. The fraction of sp³-hybridized carbons (Fsp3) is 0.909. The predicted molar refractivity (Wildman–Crippen MR) is 109 cm³/mol. The van der Waals surface area contributed by atoms with E-state index < -0.39 is 0 Å². The van der Waals surface area contributed by atoms with E-state index in [2.05, 4.69) is 31.3 Å². The molecular formula is C22H45NO. The van der Waals surface area contributed by atoms with Gasteiger partial charge in [-0.25, -0.2) is 0 Å². The number of likely N-dealkylation sites (N-methyl/N-ethyl adjacent to an activating group) is 1. The molecule has 0 aromatic carbocycles. The number of hydrogen-bond donors (Lipinski definition) is 2. The van der Waals surface area contributed by atoms with Crippen molar-refractivity contribution in [1.82, 2.24) is 5.32 Å². The second-order valence-corrected chi connectivity index (χ2v) is 7.24. The minimum absolute atomic E-state index is 0.172. The molecule has 0 fully saturated rings. The van der Waals surface area contributed by atoms with Gasteiger partial charge in [0.1, 0.15) is 0 Å². The van der Waals surface area contributed by atoms with Gasteiger partial charge in [0.05, 0.1) is 6.10 Å². The third kappa shape index (κ3) is 15.2. The Morgan fingerprint density at radius 1 is 0.750 bits per heavy atom. The van der Waals surface area contributed by atoms with Crippen LogP contribution in [0.2, 0.25) is 0 Å². The maximum absolute atomic E-state index is 10.0. The van der Waals surface area contributed by atoms with E-state index in [1.165, 1.54) is 83.5 Å². The Labute approximate surface area is 152 Å². The van der Waals surface area contributed by atoms with Gasteiger partial charge < -0.3 is 10.4 Å². The smallest absolute Gasteiger partial charge is 0.0693 e. The van der Waals surface area contributed by atoms with Crippen molar-refractivity contribution in [2.24, 2.45) is 0 Å². The van der Waals surface area contributed by atoms with Crippen LogP contribution in [0.25, 0.3) is 0 Å². The fourth-order valence-electron chi connectivity index (χ4n) is 3.29. The highest BCUT2D eigenvalue weighted by Gasteiger charge is 2.14. The number of aliphatic hydroxyl groups excluding tert-OH is 1. The summed E-state index contributed by atoms with van der Waals surface area (Å²) in [5.74, 6) is 0. The molecule has 2 nitrogen and oxygen atoms in total. The van der Waals surface area contributed by atoms with Crippen LogP contribution in [-0.2, 0) is 0 Å². The number of rotatable bonds is 18. The molecule has 0 saturated heterocycles. The van der Waals surface area contributed by atoms with Gasteiger partial charge in [-0.3, -0.25) is 0 Å². The van der Waals surface area contributed by atoms with Crippen LogP contribution >= 0.6 is 0 Å². The number of allylic oxidation sites excluding steroid dienone is 2. The normalized spacial score (nSPS) is 14.3. The minimum Gasteiger partial charge on any atom is -0.392 e. The molecule has 144 valence electrons. The molecule has 0 rings (SSSR count). The molecule has 0 spiro atoms. The van der Waals surface area contributed by atoms with E-state index in [0.717, 1.165) is 12.8 Å². The maximum Gasteiger partial charge on any atom is 0.0693 e. The third-order valence-electron chi connectivity index (χ3n) is 5.04. The molecule has 0 aromatic heterocycles. The first-order chi connectivity index (χ1) is 11.8. The first-order valence-corrected chi connectivity index (χ1v) is 10.8. The van der Waals surface area contributed by atoms with Crippen LogP contribution in [0, 0.1) is 0 Å². The largest absolute Gasteiger partial charge is 0.392 e. The Morgan fingerprint density at radius 3 is 1.75 bits per heavy atom. The van der Waals surface area contributed by atoms with Crippen molar-refractivity contribution in [3.05, 3.63) is 12.2 Å². The molecule has 2 heteroatoms. The van der Waals surface area contributed by atoms with Gasteiger partial charge in [0.25, 0.3) is 0 Å². The molecular weight excluding hydrogens is 294 g/mol. The lowest BCUT2D eigenvalue weighted by Gasteiger charge is -2.20. The molecule has 0 aliphatic rings. The second-order valence-electron chi connectivity index (χ2n) is 7.24. The zero-order valence-corrected chi connectivity index (χ0v) is 16.9. The van der Waals surface area contributed by atoms with Crippen LogP contribution in [0.5, 0.6) is 0 Å². The van der Waals surface area contributed by atoms with Crippen molar-refractivity contribution in [3.8, 4) is 0 Å².